The summed E-state index contributed by atoms with van der Waals surface area (Å²) in [7, 11) is 0. The first kappa shape index (κ1) is 29.7. The zero-order valence-electron chi connectivity index (χ0n) is 24.9. The zero-order valence-corrected chi connectivity index (χ0v) is 25.7. The van der Waals surface area contributed by atoms with Crippen LogP contribution in [0, 0.1) is 90.6 Å². The molecule has 0 unspecified atom stereocenters. The molecule has 2 aliphatic carbocycles. The maximum atomic E-state index is 10.1. The Labute approximate surface area is 283 Å². The lowest BCUT2D eigenvalue weighted by molar-refractivity contribution is 1.44. The molecule has 0 aliphatic heterocycles. The molecular weight excluding hydrogens is 625 g/mol. The first-order chi connectivity index (χ1) is 23.9. The monoisotopic (exact) mass is 636 g/mol. The van der Waals surface area contributed by atoms with Crippen LogP contribution in [0.2, 0.25) is 0 Å². The second-order valence-corrected chi connectivity index (χ2v) is 12.0. The van der Waals surface area contributed by atoms with E-state index in [-0.39, 0.29) is 11.1 Å². The summed E-state index contributed by atoms with van der Waals surface area (Å²) in [6, 6.07) is 37.3. The topological polar surface area (TPSA) is 190 Å². The fourth-order valence-electron chi connectivity index (χ4n) is 6.46. The van der Waals surface area contributed by atoms with Gasteiger partial charge in [0, 0.05) is 32.0 Å². The van der Waals surface area contributed by atoms with Gasteiger partial charge >= 0.3 is 0 Å². The first-order valence-electron chi connectivity index (χ1n) is 14.4. The summed E-state index contributed by atoms with van der Waals surface area (Å²) >= 11 is 1.29. The summed E-state index contributed by atoms with van der Waals surface area (Å²) in [5.41, 5.74) is 8.86. The lowest BCUT2D eigenvalue weighted by Gasteiger charge is -2.10. The van der Waals surface area contributed by atoms with Crippen molar-refractivity contribution in [3.63, 3.8) is 0 Å². The van der Waals surface area contributed by atoms with Crippen molar-refractivity contribution < 1.29 is 0 Å². The van der Waals surface area contributed by atoms with Crippen molar-refractivity contribution in [2.45, 2.75) is 0 Å². The molecule has 7 rings (SSSR count). The largest absolute Gasteiger partial charge is 0.192 e. The maximum Gasteiger partial charge on any atom is 0.138 e. The van der Waals surface area contributed by atoms with Gasteiger partial charge in [-0.15, -0.1) is 11.3 Å². The van der Waals surface area contributed by atoms with Gasteiger partial charge in [-0.05, 0) is 93.0 Å². The Bertz CT molecular complexity index is 2520. The van der Waals surface area contributed by atoms with Crippen molar-refractivity contribution >= 4 is 22.5 Å². The molecule has 49 heavy (non-hydrogen) atoms. The number of nitriles is 8. The molecule has 0 amide bonds. The van der Waals surface area contributed by atoms with E-state index < -0.39 is 0 Å². The predicted molar refractivity (Wildman–Crippen MR) is 179 cm³/mol. The molecule has 9 heteroatoms. The summed E-state index contributed by atoms with van der Waals surface area (Å²) in [4.78, 5) is 1.31. The number of hydrogen-bond donors (Lipinski definition) is 0. The SMILES string of the molecule is N#CC(C#N)=C1c2cc(-c3cc(C#N)cc(C#N)c3)ccc2-c2c1sc1c2-c2ccc(-c3cc(C#N)cc(C#N)c3)cc2C1=C(C#N)C#N. The highest BCUT2D eigenvalue weighted by Gasteiger charge is 2.39. The quantitative estimate of drug-likeness (QED) is 0.169. The molecule has 4 aromatic carbocycles. The van der Waals surface area contributed by atoms with Gasteiger partial charge in [0.2, 0.25) is 0 Å². The van der Waals surface area contributed by atoms with Crippen LogP contribution in [0.1, 0.15) is 43.1 Å². The Morgan fingerprint density at radius 3 is 1.04 bits per heavy atom. The van der Waals surface area contributed by atoms with Gasteiger partial charge in [0.05, 0.1) is 46.5 Å². The van der Waals surface area contributed by atoms with Gasteiger partial charge in [0.15, 0.2) is 0 Å². The van der Waals surface area contributed by atoms with E-state index in [1.807, 2.05) is 60.7 Å². The molecule has 0 N–H and O–H groups in total. The highest BCUT2D eigenvalue weighted by Crippen LogP contribution is 2.61. The van der Waals surface area contributed by atoms with E-state index in [1.165, 1.54) is 23.5 Å². The number of benzene rings is 4. The van der Waals surface area contributed by atoms with Crippen molar-refractivity contribution in [1.82, 2.24) is 0 Å². The smallest absolute Gasteiger partial charge is 0.138 e. The second-order valence-electron chi connectivity index (χ2n) is 11.0. The zero-order chi connectivity index (χ0) is 34.4. The Hall–Kier alpha value is -8.02. The van der Waals surface area contributed by atoms with Crippen LogP contribution in [-0.4, -0.2) is 0 Å². The van der Waals surface area contributed by atoms with Crippen LogP contribution in [0.25, 0.3) is 55.7 Å². The van der Waals surface area contributed by atoms with Crippen LogP contribution in [0.5, 0.6) is 0 Å². The predicted octanol–water partition coefficient (Wildman–Crippen LogP) is 8.23. The molecule has 2 aliphatic rings. The van der Waals surface area contributed by atoms with Gasteiger partial charge in [-0.2, -0.15) is 42.1 Å². The number of rotatable bonds is 2. The van der Waals surface area contributed by atoms with Crippen molar-refractivity contribution in [1.29, 1.82) is 42.1 Å². The summed E-state index contributed by atoms with van der Waals surface area (Å²) in [5, 5.41) is 78.4. The number of nitrogens with zero attached hydrogens (tertiary/aromatic N) is 8. The van der Waals surface area contributed by atoms with E-state index in [1.54, 1.807) is 24.3 Å². The first-order valence-corrected chi connectivity index (χ1v) is 15.2. The Balaban J connectivity index is 1.51. The highest BCUT2D eigenvalue weighted by atomic mass is 32.1. The molecule has 8 nitrogen and oxygen atoms in total. The molecule has 0 saturated heterocycles. The minimum atomic E-state index is -0.104. The molecule has 0 bridgehead atoms. The van der Waals surface area contributed by atoms with Crippen molar-refractivity contribution in [2.24, 2.45) is 0 Å². The Morgan fingerprint density at radius 1 is 0.388 bits per heavy atom. The number of hydrogen-bond acceptors (Lipinski definition) is 9. The molecule has 1 aromatic heterocycles. The third-order valence-corrected chi connectivity index (χ3v) is 9.70. The Kier molecular flexibility index (Phi) is 6.91. The van der Waals surface area contributed by atoms with Crippen LogP contribution in [0.4, 0.5) is 0 Å². The van der Waals surface area contributed by atoms with Crippen molar-refractivity contribution in [3.8, 4) is 93.1 Å². The van der Waals surface area contributed by atoms with Gasteiger partial charge in [-0.3, -0.25) is 0 Å². The van der Waals surface area contributed by atoms with Gasteiger partial charge in [-0.1, -0.05) is 24.3 Å². The molecule has 1 heterocycles. The second kappa shape index (κ2) is 11.4. The summed E-state index contributed by atoms with van der Waals surface area (Å²) in [6.45, 7) is 0. The molecule has 5 aromatic rings. The van der Waals surface area contributed by atoms with E-state index in [0.717, 1.165) is 22.3 Å². The third-order valence-electron chi connectivity index (χ3n) is 8.48. The lowest BCUT2D eigenvalue weighted by Crippen LogP contribution is -1.90. The van der Waals surface area contributed by atoms with E-state index >= 15 is 0 Å². The minimum Gasteiger partial charge on any atom is -0.192 e. The normalized spacial score (nSPS) is 11.0. The fraction of sp³-hybridized carbons (Fsp3) is 0. The van der Waals surface area contributed by atoms with E-state index in [2.05, 4.69) is 24.3 Å². The lowest BCUT2D eigenvalue weighted by atomic mass is 9.93. The summed E-state index contributed by atoms with van der Waals surface area (Å²) in [5.74, 6) is 0. The standard InChI is InChI=1S/C40H12N8S/c41-13-21-5-22(14-42)8-27(7-21)25-1-3-31-33(11-25)35(29(17-45)18-46)39-37(31)38-32-4-2-26(28-9-23(15-43)6-24(10-28)16-44)12-34(32)36(40(38)49-39)30(19-47)20-48/h1-12H. The van der Waals surface area contributed by atoms with E-state index in [9.17, 15) is 42.1 Å². The molecule has 0 fully saturated rings. The molecule has 0 radical (unpaired) electrons. The van der Waals surface area contributed by atoms with Gasteiger partial charge in [0.25, 0.3) is 0 Å². The Morgan fingerprint density at radius 2 is 0.735 bits per heavy atom. The average molecular weight is 637 g/mol. The van der Waals surface area contributed by atoms with Gasteiger partial charge < -0.3 is 0 Å². The molecular formula is C40H12N8S. The van der Waals surface area contributed by atoms with Gasteiger partial charge in [-0.25, -0.2) is 0 Å². The van der Waals surface area contributed by atoms with Crippen LogP contribution < -0.4 is 0 Å². The highest BCUT2D eigenvalue weighted by molar-refractivity contribution is 7.16. The van der Waals surface area contributed by atoms with Crippen LogP contribution in [0.15, 0.2) is 83.9 Å². The molecule has 0 saturated carbocycles. The summed E-state index contributed by atoms with van der Waals surface area (Å²) < 4.78 is 0. The maximum absolute atomic E-state index is 10.1. The number of fused-ring (bicyclic) bond motifs is 7. The van der Waals surface area contributed by atoms with E-state index in [0.29, 0.717) is 76.5 Å². The number of thiophene rings is 1. The van der Waals surface area contributed by atoms with E-state index in [4.69, 9.17) is 0 Å². The molecule has 218 valence electrons. The summed E-state index contributed by atoms with van der Waals surface area (Å²) in [6.07, 6.45) is 0. The van der Waals surface area contributed by atoms with Crippen molar-refractivity contribution in [3.05, 3.63) is 127 Å². The minimum absolute atomic E-state index is 0.104. The fourth-order valence-corrected chi connectivity index (χ4v) is 7.92. The van der Waals surface area contributed by atoms with Gasteiger partial charge in [0.1, 0.15) is 35.4 Å². The molecule has 0 atom stereocenters. The van der Waals surface area contributed by atoms with Crippen LogP contribution in [-0.2, 0) is 0 Å². The van der Waals surface area contributed by atoms with Crippen LogP contribution in [0.3, 0.4) is 0 Å². The average Bonchev–Trinajstić information content (AvgIpc) is 3.78. The van der Waals surface area contributed by atoms with Crippen LogP contribution >= 0.6 is 11.3 Å². The molecule has 0 spiro atoms. The third kappa shape index (κ3) is 4.44. The van der Waals surface area contributed by atoms with Crippen molar-refractivity contribution in [2.75, 3.05) is 0 Å². The number of allylic oxidation sites excluding steroid dienone is 2.